The van der Waals surface area contributed by atoms with Gasteiger partial charge in [-0.05, 0) is 123 Å². The Labute approximate surface area is 192 Å². The molecule has 174 valence electrons. The van der Waals surface area contributed by atoms with Crippen molar-refractivity contribution < 1.29 is 4.79 Å². The summed E-state index contributed by atoms with van der Waals surface area (Å²) in [5.74, 6) is 3.87. The molecule has 0 aliphatic heterocycles. The zero-order valence-electron chi connectivity index (χ0n) is 21.6. The molecule has 31 heavy (non-hydrogen) atoms. The largest absolute Gasteiger partial charge is 0.299 e. The molecule has 0 bridgehead atoms. The number of hydrogen-bond acceptors (Lipinski definition) is 1. The van der Waals surface area contributed by atoms with Gasteiger partial charge < -0.3 is 0 Å². The van der Waals surface area contributed by atoms with Gasteiger partial charge in [0.05, 0.1) is 0 Å². The summed E-state index contributed by atoms with van der Waals surface area (Å²) >= 11 is 0. The Morgan fingerprint density at radius 2 is 1.61 bits per heavy atom. The molecule has 2 spiro atoms. The predicted molar refractivity (Wildman–Crippen MR) is 130 cm³/mol. The fourth-order valence-corrected chi connectivity index (χ4v) is 11.0. The lowest BCUT2D eigenvalue weighted by Crippen LogP contribution is -2.57. The Hall–Kier alpha value is -0.590. The van der Waals surface area contributed by atoms with E-state index in [1.54, 1.807) is 0 Å². The maximum absolute atomic E-state index is 12.8. The van der Waals surface area contributed by atoms with Crippen LogP contribution < -0.4 is 0 Å². The summed E-state index contributed by atoms with van der Waals surface area (Å²) in [5, 5.41) is 0. The summed E-state index contributed by atoms with van der Waals surface area (Å²) in [6, 6.07) is 0. The molecule has 0 saturated heterocycles. The third kappa shape index (κ3) is 2.64. The van der Waals surface area contributed by atoms with Crippen molar-refractivity contribution in [3.8, 4) is 0 Å². The van der Waals surface area contributed by atoms with E-state index in [0.29, 0.717) is 33.4 Å². The van der Waals surface area contributed by atoms with Crippen molar-refractivity contribution in [1.29, 1.82) is 0 Å². The fraction of sp³-hybridized carbons (Fsp3) is 0.900. The smallest absolute Gasteiger partial charge is 0.138 e. The molecule has 0 radical (unpaired) electrons. The monoisotopic (exact) mass is 424 g/mol. The zero-order chi connectivity index (χ0) is 22.4. The second kappa shape index (κ2) is 6.73. The molecule has 0 N–H and O–H groups in total. The van der Waals surface area contributed by atoms with E-state index in [1.165, 1.54) is 69.8 Å². The van der Waals surface area contributed by atoms with Gasteiger partial charge in [-0.15, -0.1) is 0 Å². The number of hydrogen-bond donors (Lipinski definition) is 0. The second-order valence-corrected chi connectivity index (χ2v) is 14.1. The number of carbonyl (C=O) groups excluding carboxylic acids is 1. The molecule has 1 nitrogen and oxygen atoms in total. The van der Waals surface area contributed by atoms with Crippen molar-refractivity contribution >= 4 is 5.78 Å². The first-order chi connectivity index (χ1) is 14.4. The van der Waals surface area contributed by atoms with Gasteiger partial charge in [0.15, 0.2) is 0 Å². The summed E-state index contributed by atoms with van der Waals surface area (Å²) in [5.41, 5.74) is 3.53. The lowest BCUT2D eigenvalue weighted by Gasteiger charge is -2.62. The standard InChI is InChI=1S/C30H48O/c1-20(2)9-8-10-21(3)22-13-15-28(7)24-12-11-23-26(4,5)25(31)14-16-29(23)19-30(24,29)18-17-27(22,28)6/h9,21-24H,8,10-19H2,1-7H3/t21-,22-,23-,24+,27-,28-,29-,30+/m0/s1. The van der Waals surface area contributed by atoms with Crippen LogP contribution in [-0.4, -0.2) is 5.78 Å². The van der Waals surface area contributed by atoms with Crippen molar-refractivity contribution in [2.75, 3.05) is 0 Å². The van der Waals surface area contributed by atoms with Crippen molar-refractivity contribution in [3.05, 3.63) is 11.6 Å². The topological polar surface area (TPSA) is 17.1 Å². The Bertz CT molecular complexity index is 801. The molecule has 5 rings (SSSR count). The molecule has 0 heterocycles. The third-order valence-electron chi connectivity index (χ3n) is 12.8. The minimum absolute atomic E-state index is 0.0774. The summed E-state index contributed by atoms with van der Waals surface area (Å²) in [7, 11) is 0. The maximum atomic E-state index is 12.8. The molecule has 5 aliphatic rings. The van der Waals surface area contributed by atoms with E-state index < -0.39 is 0 Å². The number of rotatable bonds is 4. The van der Waals surface area contributed by atoms with E-state index >= 15 is 0 Å². The number of ketones is 1. The Balaban J connectivity index is 1.41. The molecule has 5 saturated carbocycles. The van der Waals surface area contributed by atoms with E-state index in [9.17, 15) is 4.79 Å². The Morgan fingerprint density at radius 3 is 2.32 bits per heavy atom. The highest BCUT2D eigenvalue weighted by atomic mass is 16.1. The molecule has 0 aromatic carbocycles. The molecule has 0 unspecified atom stereocenters. The Kier molecular flexibility index (Phi) is 4.82. The van der Waals surface area contributed by atoms with Crippen LogP contribution in [0.1, 0.15) is 119 Å². The fourth-order valence-electron chi connectivity index (χ4n) is 11.0. The molecular weight excluding hydrogens is 376 g/mol. The summed E-state index contributed by atoms with van der Waals surface area (Å²) < 4.78 is 0. The average molecular weight is 425 g/mol. The minimum Gasteiger partial charge on any atom is -0.299 e. The van der Waals surface area contributed by atoms with Crippen LogP contribution in [-0.2, 0) is 4.79 Å². The molecule has 0 aromatic rings. The van der Waals surface area contributed by atoms with Crippen molar-refractivity contribution in [2.24, 2.45) is 50.7 Å². The molecule has 0 aromatic heterocycles. The number of carbonyl (C=O) groups is 1. The lowest BCUT2D eigenvalue weighted by atomic mass is 9.42. The van der Waals surface area contributed by atoms with E-state index in [-0.39, 0.29) is 5.41 Å². The molecule has 0 amide bonds. The zero-order valence-corrected chi connectivity index (χ0v) is 21.6. The van der Waals surface area contributed by atoms with Gasteiger partial charge in [-0.3, -0.25) is 4.79 Å². The van der Waals surface area contributed by atoms with Crippen molar-refractivity contribution in [2.45, 2.75) is 119 Å². The molecule has 1 heteroatoms. The van der Waals surface area contributed by atoms with Crippen LogP contribution in [0.15, 0.2) is 11.6 Å². The summed E-state index contributed by atoms with van der Waals surface area (Å²) in [6.07, 6.45) is 17.1. The van der Waals surface area contributed by atoms with Gasteiger partial charge in [-0.25, -0.2) is 0 Å². The van der Waals surface area contributed by atoms with Gasteiger partial charge in [0, 0.05) is 11.8 Å². The van der Waals surface area contributed by atoms with Crippen molar-refractivity contribution in [3.63, 3.8) is 0 Å². The summed E-state index contributed by atoms with van der Waals surface area (Å²) in [6.45, 7) is 17.1. The average Bonchev–Trinajstić information content (AvgIpc) is 3.27. The van der Waals surface area contributed by atoms with Crippen LogP contribution in [0.2, 0.25) is 0 Å². The Morgan fingerprint density at radius 1 is 0.935 bits per heavy atom. The SMILES string of the molecule is CC(C)=CCC[C@H](C)[C@@H]1CC[C@@]2(C)[C@H]3CC[C@H]4C(C)(C)C(=O)CC[C@]45C[C@]35CC[C@@]12C. The van der Waals surface area contributed by atoms with Crippen LogP contribution in [0.3, 0.4) is 0 Å². The number of allylic oxidation sites excluding steroid dienone is 2. The van der Waals surface area contributed by atoms with Crippen molar-refractivity contribution in [1.82, 2.24) is 0 Å². The number of fused-ring (bicyclic) bond motifs is 2. The highest BCUT2D eigenvalue weighted by molar-refractivity contribution is 5.86. The second-order valence-electron chi connectivity index (χ2n) is 14.1. The molecular formula is C30H48O. The summed E-state index contributed by atoms with van der Waals surface area (Å²) in [4.78, 5) is 12.8. The van der Waals surface area contributed by atoms with Gasteiger partial charge in [0.25, 0.3) is 0 Å². The van der Waals surface area contributed by atoms with Gasteiger partial charge in [-0.1, -0.05) is 46.3 Å². The van der Waals surface area contributed by atoms with Gasteiger partial charge in [0.1, 0.15) is 5.78 Å². The predicted octanol–water partition coefficient (Wildman–Crippen LogP) is 8.38. The van der Waals surface area contributed by atoms with Crippen LogP contribution in [0.5, 0.6) is 0 Å². The van der Waals surface area contributed by atoms with Crippen LogP contribution in [0.25, 0.3) is 0 Å². The molecule has 5 aliphatic carbocycles. The van der Waals surface area contributed by atoms with Gasteiger partial charge in [-0.2, -0.15) is 0 Å². The van der Waals surface area contributed by atoms with Crippen LogP contribution in [0.4, 0.5) is 0 Å². The number of Topliss-reactive ketones (excluding diaryl/α,β-unsaturated/α-hetero) is 1. The van der Waals surface area contributed by atoms with Crippen LogP contribution >= 0.6 is 0 Å². The normalized spacial score (nSPS) is 50.5. The maximum Gasteiger partial charge on any atom is 0.138 e. The van der Waals surface area contributed by atoms with E-state index in [0.717, 1.165) is 24.2 Å². The van der Waals surface area contributed by atoms with E-state index in [4.69, 9.17) is 0 Å². The van der Waals surface area contributed by atoms with Gasteiger partial charge >= 0.3 is 0 Å². The highest BCUT2D eigenvalue weighted by Gasteiger charge is 2.82. The molecule has 8 atom stereocenters. The van der Waals surface area contributed by atoms with Gasteiger partial charge in [0.2, 0.25) is 0 Å². The molecule has 5 fully saturated rings. The first-order valence-electron chi connectivity index (χ1n) is 13.6. The highest BCUT2D eigenvalue weighted by Crippen LogP contribution is 2.88. The first-order valence-corrected chi connectivity index (χ1v) is 13.6. The minimum atomic E-state index is -0.0774. The first kappa shape index (κ1) is 22.2. The lowest BCUT2D eigenvalue weighted by molar-refractivity contribution is -0.157. The quantitative estimate of drug-likeness (QED) is 0.414. The van der Waals surface area contributed by atoms with Crippen LogP contribution in [0, 0.1) is 50.7 Å². The van der Waals surface area contributed by atoms with E-state index in [1.807, 2.05) is 0 Å². The van der Waals surface area contributed by atoms with E-state index in [2.05, 4.69) is 54.5 Å². The third-order valence-corrected chi connectivity index (χ3v) is 12.8.